The number of nitrogens with zero attached hydrogens (tertiary/aromatic N) is 2. The number of anilines is 4. The maximum atomic E-state index is 5.36. The molecule has 0 aliphatic heterocycles. The van der Waals surface area contributed by atoms with E-state index in [1.165, 1.54) is 5.56 Å². The molecular formula is C21H24N4O2. The molecule has 0 saturated carbocycles. The molecule has 0 aliphatic carbocycles. The Morgan fingerprint density at radius 1 is 0.778 bits per heavy atom. The number of aromatic nitrogens is 2. The second kappa shape index (κ2) is 7.95. The Balaban J connectivity index is 1.86. The summed E-state index contributed by atoms with van der Waals surface area (Å²) in [6.07, 6.45) is 0. The lowest BCUT2D eigenvalue weighted by molar-refractivity contribution is 0.355. The highest BCUT2D eigenvalue weighted by molar-refractivity contribution is 5.64. The van der Waals surface area contributed by atoms with E-state index < -0.39 is 0 Å². The van der Waals surface area contributed by atoms with Crippen molar-refractivity contribution in [1.82, 2.24) is 9.97 Å². The summed E-state index contributed by atoms with van der Waals surface area (Å²) >= 11 is 0. The molecule has 3 aromatic rings. The van der Waals surface area contributed by atoms with Crippen LogP contribution in [0.4, 0.5) is 23.1 Å². The number of methoxy groups -OCH3 is 2. The van der Waals surface area contributed by atoms with Gasteiger partial charge in [-0.2, -0.15) is 4.98 Å². The molecule has 0 radical (unpaired) electrons. The summed E-state index contributed by atoms with van der Waals surface area (Å²) in [4.78, 5) is 9.08. The fourth-order valence-corrected chi connectivity index (χ4v) is 2.74. The minimum absolute atomic E-state index is 0.548. The fraction of sp³-hybridized carbons (Fsp3) is 0.238. The van der Waals surface area contributed by atoms with Gasteiger partial charge in [-0.1, -0.05) is 12.1 Å². The standard InChI is InChI=1S/C21H24N4O2/c1-13-6-7-14(2)17(10-13)24-21-22-15(3)11-20(25-21)23-16-8-9-18(26-4)19(12-16)27-5/h6-12H,1-5H3,(H2,22,23,24,25). The summed E-state index contributed by atoms with van der Waals surface area (Å²) in [5, 5.41) is 6.61. The lowest BCUT2D eigenvalue weighted by atomic mass is 10.1. The molecule has 27 heavy (non-hydrogen) atoms. The number of hydrogen-bond donors (Lipinski definition) is 2. The van der Waals surface area contributed by atoms with Crippen molar-refractivity contribution >= 4 is 23.1 Å². The Bertz CT molecular complexity index is 957. The van der Waals surface area contributed by atoms with Crippen LogP contribution in [0.15, 0.2) is 42.5 Å². The van der Waals surface area contributed by atoms with E-state index >= 15 is 0 Å². The minimum Gasteiger partial charge on any atom is -0.493 e. The van der Waals surface area contributed by atoms with E-state index in [0.29, 0.717) is 23.3 Å². The third-order valence-corrected chi connectivity index (χ3v) is 4.15. The van der Waals surface area contributed by atoms with E-state index in [4.69, 9.17) is 9.47 Å². The summed E-state index contributed by atoms with van der Waals surface area (Å²) in [7, 11) is 3.23. The van der Waals surface area contributed by atoms with Crippen molar-refractivity contribution < 1.29 is 9.47 Å². The highest BCUT2D eigenvalue weighted by Crippen LogP contribution is 2.31. The van der Waals surface area contributed by atoms with Crippen molar-refractivity contribution in [1.29, 1.82) is 0 Å². The molecular weight excluding hydrogens is 340 g/mol. The molecule has 1 heterocycles. The molecule has 0 amide bonds. The van der Waals surface area contributed by atoms with Crippen molar-refractivity contribution in [2.24, 2.45) is 0 Å². The van der Waals surface area contributed by atoms with Gasteiger partial charge in [0.05, 0.1) is 14.2 Å². The quantitative estimate of drug-likeness (QED) is 0.648. The van der Waals surface area contributed by atoms with Gasteiger partial charge in [0.1, 0.15) is 5.82 Å². The average molecular weight is 364 g/mol. The van der Waals surface area contributed by atoms with Crippen LogP contribution in [0.3, 0.4) is 0 Å². The molecule has 2 aromatic carbocycles. The third kappa shape index (κ3) is 4.47. The van der Waals surface area contributed by atoms with E-state index in [-0.39, 0.29) is 0 Å². The lowest BCUT2D eigenvalue weighted by Gasteiger charge is -2.13. The maximum absolute atomic E-state index is 5.36. The van der Waals surface area contributed by atoms with Crippen molar-refractivity contribution in [3.8, 4) is 11.5 Å². The van der Waals surface area contributed by atoms with Crippen LogP contribution in [0, 0.1) is 20.8 Å². The summed E-state index contributed by atoms with van der Waals surface area (Å²) in [5.74, 6) is 2.58. The predicted octanol–water partition coefficient (Wildman–Crippen LogP) is 4.91. The van der Waals surface area contributed by atoms with Gasteiger partial charge in [-0.3, -0.25) is 0 Å². The fourth-order valence-electron chi connectivity index (χ4n) is 2.74. The monoisotopic (exact) mass is 364 g/mol. The molecule has 0 spiro atoms. The Morgan fingerprint density at radius 3 is 2.30 bits per heavy atom. The van der Waals surface area contributed by atoms with Crippen LogP contribution in [-0.4, -0.2) is 24.2 Å². The molecule has 0 fully saturated rings. The summed E-state index contributed by atoms with van der Waals surface area (Å²) in [6, 6.07) is 13.8. The summed E-state index contributed by atoms with van der Waals surface area (Å²) in [6.45, 7) is 6.06. The highest BCUT2D eigenvalue weighted by atomic mass is 16.5. The maximum Gasteiger partial charge on any atom is 0.229 e. The largest absolute Gasteiger partial charge is 0.493 e. The number of hydrogen-bond acceptors (Lipinski definition) is 6. The first kappa shape index (κ1) is 18.5. The van der Waals surface area contributed by atoms with Crippen molar-refractivity contribution in [3.05, 3.63) is 59.3 Å². The van der Waals surface area contributed by atoms with Crippen LogP contribution in [0.5, 0.6) is 11.5 Å². The van der Waals surface area contributed by atoms with Crippen LogP contribution in [0.2, 0.25) is 0 Å². The smallest absolute Gasteiger partial charge is 0.229 e. The minimum atomic E-state index is 0.548. The first-order valence-corrected chi connectivity index (χ1v) is 8.67. The van der Waals surface area contributed by atoms with Gasteiger partial charge in [0.15, 0.2) is 11.5 Å². The Labute approximate surface area is 159 Å². The lowest BCUT2D eigenvalue weighted by Crippen LogP contribution is -2.03. The molecule has 6 heteroatoms. The zero-order chi connectivity index (χ0) is 19.4. The van der Waals surface area contributed by atoms with Gasteiger partial charge < -0.3 is 20.1 Å². The molecule has 1 aromatic heterocycles. The van der Waals surface area contributed by atoms with Crippen LogP contribution >= 0.6 is 0 Å². The van der Waals surface area contributed by atoms with Crippen molar-refractivity contribution in [2.45, 2.75) is 20.8 Å². The second-order valence-electron chi connectivity index (χ2n) is 6.36. The van der Waals surface area contributed by atoms with E-state index in [0.717, 1.165) is 22.6 Å². The van der Waals surface area contributed by atoms with E-state index in [1.807, 2.05) is 31.2 Å². The van der Waals surface area contributed by atoms with Crippen molar-refractivity contribution in [2.75, 3.05) is 24.9 Å². The molecule has 2 N–H and O–H groups in total. The number of benzene rings is 2. The summed E-state index contributed by atoms with van der Waals surface area (Å²) < 4.78 is 10.6. The highest BCUT2D eigenvalue weighted by Gasteiger charge is 2.08. The van der Waals surface area contributed by atoms with Crippen LogP contribution in [0.1, 0.15) is 16.8 Å². The van der Waals surface area contributed by atoms with Gasteiger partial charge in [-0.15, -0.1) is 0 Å². The van der Waals surface area contributed by atoms with Crippen LogP contribution in [-0.2, 0) is 0 Å². The zero-order valence-corrected chi connectivity index (χ0v) is 16.3. The van der Waals surface area contributed by atoms with Gasteiger partial charge >= 0.3 is 0 Å². The number of rotatable bonds is 6. The molecule has 0 saturated heterocycles. The number of ether oxygens (including phenoxy) is 2. The molecule has 6 nitrogen and oxygen atoms in total. The van der Waals surface area contributed by atoms with Gasteiger partial charge in [-0.05, 0) is 50.1 Å². The van der Waals surface area contributed by atoms with Crippen LogP contribution in [0.25, 0.3) is 0 Å². The normalized spacial score (nSPS) is 10.4. The molecule has 140 valence electrons. The number of nitrogens with one attached hydrogen (secondary N) is 2. The molecule has 0 bridgehead atoms. The molecule has 0 unspecified atom stereocenters. The van der Waals surface area contributed by atoms with Gasteiger partial charge in [0.2, 0.25) is 5.95 Å². The average Bonchev–Trinajstić information content (AvgIpc) is 2.64. The van der Waals surface area contributed by atoms with Gasteiger partial charge in [0, 0.05) is 29.2 Å². The first-order valence-electron chi connectivity index (χ1n) is 8.67. The van der Waals surface area contributed by atoms with E-state index in [1.54, 1.807) is 14.2 Å². The SMILES string of the molecule is COc1ccc(Nc2cc(C)nc(Nc3cc(C)ccc3C)n2)cc1OC. The Kier molecular flexibility index (Phi) is 5.45. The van der Waals surface area contributed by atoms with E-state index in [9.17, 15) is 0 Å². The molecule has 0 atom stereocenters. The topological polar surface area (TPSA) is 68.3 Å². The molecule has 0 aliphatic rings. The summed E-state index contributed by atoms with van der Waals surface area (Å²) in [5.41, 5.74) is 5.03. The third-order valence-electron chi connectivity index (χ3n) is 4.15. The second-order valence-corrected chi connectivity index (χ2v) is 6.36. The van der Waals surface area contributed by atoms with Crippen molar-refractivity contribution in [3.63, 3.8) is 0 Å². The van der Waals surface area contributed by atoms with Gasteiger partial charge in [-0.25, -0.2) is 4.98 Å². The van der Waals surface area contributed by atoms with E-state index in [2.05, 4.69) is 52.6 Å². The predicted molar refractivity (Wildman–Crippen MR) is 109 cm³/mol. The zero-order valence-electron chi connectivity index (χ0n) is 16.3. The Morgan fingerprint density at radius 2 is 1.56 bits per heavy atom. The Hall–Kier alpha value is -3.28. The first-order chi connectivity index (χ1) is 13.0. The number of aryl methyl sites for hydroxylation is 3. The van der Waals surface area contributed by atoms with Gasteiger partial charge in [0.25, 0.3) is 0 Å². The molecule has 3 rings (SSSR count). The van der Waals surface area contributed by atoms with Crippen LogP contribution < -0.4 is 20.1 Å².